The molecule has 0 aromatic heterocycles. The van der Waals surface area contributed by atoms with Crippen LogP contribution in [0.2, 0.25) is 0 Å². The molecule has 4 N–H and O–H groups in total. The van der Waals surface area contributed by atoms with Crippen LogP contribution < -0.4 is 16.4 Å². The van der Waals surface area contributed by atoms with Gasteiger partial charge in [0.05, 0.1) is 5.88 Å². The first-order valence-corrected chi connectivity index (χ1v) is 13.4. The van der Waals surface area contributed by atoms with Crippen LogP contribution >= 0.6 is 11.8 Å². The van der Waals surface area contributed by atoms with Crippen molar-refractivity contribution in [1.82, 2.24) is 10.2 Å². The highest BCUT2D eigenvalue weighted by Crippen LogP contribution is 2.22. The van der Waals surface area contributed by atoms with Crippen LogP contribution in [-0.2, 0) is 11.3 Å². The van der Waals surface area contributed by atoms with E-state index in [9.17, 15) is 14.0 Å². The molecule has 0 bridgehead atoms. The average molecular weight is 536 g/mol. The van der Waals surface area contributed by atoms with Crippen molar-refractivity contribution in [2.24, 2.45) is 10.7 Å². The Balaban J connectivity index is 0.000000221. The summed E-state index contributed by atoms with van der Waals surface area (Å²) in [6.07, 6.45) is 1.52. The number of benzene rings is 3. The van der Waals surface area contributed by atoms with Crippen LogP contribution in [0.25, 0.3) is 10.8 Å². The van der Waals surface area contributed by atoms with Crippen LogP contribution in [-0.4, -0.2) is 56.0 Å². The summed E-state index contributed by atoms with van der Waals surface area (Å²) in [4.78, 5) is 27.7. The third kappa shape index (κ3) is 8.71. The number of thioether (sulfide) groups is 1. The fraction of sp³-hybridized carbons (Fsp3) is 0.276. The number of carbonyl (C=O) groups excluding carboxylic acids is 2. The lowest BCUT2D eigenvalue weighted by atomic mass is 10.1. The van der Waals surface area contributed by atoms with Crippen molar-refractivity contribution in [3.8, 4) is 0 Å². The number of nitrogens with two attached hydrogens (primary N) is 1. The van der Waals surface area contributed by atoms with Crippen molar-refractivity contribution < 1.29 is 14.0 Å². The quantitative estimate of drug-likeness (QED) is 0.147. The summed E-state index contributed by atoms with van der Waals surface area (Å²) in [6, 6.07) is 21.9. The minimum atomic E-state index is -0.617. The molecule has 0 aliphatic carbocycles. The van der Waals surface area contributed by atoms with Gasteiger partial charge in [-0.05, 0) is 48.0 Å². The number of fused-ring (bicyclic) bond motifs is 1. The van der Waals surface area contributed by atoms with Crippen LogP contribution in [0, 0.1) is 0 Å². The molecule has 1 saturated heterocycles. The first-order valence-electron chi connectivity index (χ1n) is 12.4. The Kier molecular flexibility index (Phi) is 11.3. The van der Waals surface area contributed by atoms with Gasteiger partial charge in [0.2, 0.25) is 0 Å². The number of nitrogens with one attached hydrogen (secondary N) is 2. The maximum absolute atomic E-state index is 12.9. The predicted molar refractivity (Wildman–Crippen MR) is 156 cm³/mol. The van der Waals surface area contributed by atoms with Gasteiger partial charge in [-0.3, -0.25) is 19.5 Å². The highest BCUT2D eigenvalue weighted by atomic mass is 32.2. The van der Waals surface area contributed by atoms with E-state index in [1.54, 1.807) is 7.05 Å². The molecule has 1 amide bonds. The molecule has 0 radical (unpaired) electrons. The molecule has 200 valence electrons. The molecule has 0 spiro atoms. The molecular formula is C29H34FN5O2S. The second kappa shape index (κ2) is 14.9. The number of halogens is 1. The number of hydrogen-bond donors (Lipinski definition) is 3. The first-order chi connectivity index (χ1) is 18.4. The van der Waals surface area contributed by atoms with E-state index >= 15 is 0 Å². The van der Waals surface area contributed by atoms with Gasteiger partial charge in [0, 0.05) is 37.9 Å². The number of rotatable bonds is 10. The fourth-order valence-electron chi connectivity index (χ4n) is 4.03. The number of aldehydes is 1. The SMILES string of the molecule is C=N/C(C(N)=O)=C(/NC)SCNc1ccc2ccccc2c1.O=Cc1ccc(CN2CCC(F)CC2)cc1. The van der Waals surface area contributed by atoms with Gasteiger partial charge in [-0.15, -0.1) is 0 Å². The highest BCUT2D eigenvalue weighted by molar-refractivity contribution is 8.03. The van der Waals surface area contributed by atoms with Gasteiger partial charge in [0.1, 0.15) is 17.5 Å². The van der Waals surface area contributed by atoms with Gasteiger partial charge in [-0.25, -0.2) is 4.39 Å². The van der Waals surface area contributed by atoms with Gasteiger partial charge in [-0.2, -0.15) is 0 Å². The summed E-state index contributed by atoms with van der Waals surface area (Å²) in [5, 5.41) is 9.18. The molecule has 4 rings (SSSR count). The van der Waals surface area contributed by atoms with Crippen LogP contribution in [0.4, 0.5) is 10.1 Å². The molecule has 3 aromatic rings. The summed E-state index contributed by atoms with van der Waals surface area (Å²) in [7, 11) is 1.71. The summed E-state index contributed by atoms with van der Waals surface area (Å²) in [5.74, 6) is -0.0292. The Hall–Kier alpha value is -3.69. The lowest BCUT2D eigenvalue weighted by Crippen LogP contribution is -2.33. The van der Waals surface area contributed by atoms with E-state index in [0.717, 1.165) is 31.6 Å². The Morgan fingerprint density at radius 1 is 1.13 bits per heavy atom. The normalized spacial score (nSPS) is 14.6. The number of anilines is 1. The molecular weight excluding hydrogens is 501 g/mol. The van der Waals surface area contributed by atoms with Crippen molar-refractivity contribution in [3.05, 3.63) is 88.6 Å². The maximum Gasteiger partial charge on any atom is 0.269 e. The van der Waals surface area contributed by atoms with Crippen molar-refractivity contribution in [2.45, 2.75) is 25.6 Å². The largest absolute Gasteiger partial charge is 0.381 e. The summed E-state index contributed by atoms with van der Waals surface area (Å²) < 4.78 is 12.9. The van der Waals surface area contributed by atoms with E-state index in [0.29, 0.717) is 29.3 Å². The number of piperidine rings is 1. The van der Waals surface area contributed by atoms with Gasteiger partial charge in [0.15, 0.2) is 5.70 Å². The smallest absolute Gasteiger partial charge is 0.269 e. The number of nitrogens with zero attached hydrogens (tertiary/aromatic N) is 2. The highest BCUT2D eigenvalue weighted by Gasteiger charge is 2.18. The van der Waals surface area contributed by atoms with E-state index in [2.05, 4.69) is 51.5 Å². The Bertz CT molecular complexity index is 1260. The average Bonchev–Trinajstić information content (AvgIpc) is 2.94. The lowest BCUT2D eigenvalue weighted by Gasteiger charge is -2.28. The molecule has 1 fully saturated rings. The summed E-state index contributed by atoms with van der Waals surface area (Å²) in [5.41, 5.74) is 8.30. The molecule has 1 aliphatic rings. The standard InChI is InChI=1S/C16H18N4OS.C13H16FNO/c1-18-14(15(17)21)16(19-2)22-10-20-13-8-7-11-5-3-4-6-12(11)9-13;14-13-5-7-15(8-6-13)9-11-1-3-12(10-16)4-2-11/h3-9,19-20H,1,10H2,2H3,(H2,17,21);1-4,10,13H,5-9H2/b16-14-;. The number of hydrogen-bond acceptors (Lipinski definition) is 7. The predicted octanol–water partition coefficient (Wildman–Crippen LogP) is 4.95. The molecule has 0 saturated carbocycles. The zero-order valence-corrected chi connectivity index (χ0v) is 22.3. The number of aliphatic imine (C=N–C) groups is 1. The Morgan fingerprint density at radius 3 is 2.42 bits per heavy atom. The number of alkyl halides is 1. The van der Waals surface area contributed by atoms with Gasteiger partial charge in [0.25, 0.3) is 5.91 Å². The van der Waals surface area contributed by atoms with E-state index in [1.165, 1.54) is 28.1 Å². The van der Waals surface area contributed by atoms with Gasteiger partial charge in [-0.1, -0.05) is 66.4 Å². The van der Waals surface area contributed by atoms with Crippen molar-refractivity contribution in [1.29, 1.82) is 0 Å². The van der Waals surface area contributed by atoms with Gasteiger partial charge < -0.3 is 16.4 Å². The lowest BCUT2D eigenvalue weighted by molar-refractivity contribution is -0.114. The van der Waals surface area contributed by atoms with Crippen LogP contribution in [0.1, 0.15) is 28.8 Å². The Morgan fingerprint density at radius 2 is 1.82 bits per heavy atom. The molecule has 1 heterocycles. The molecule has 0 unspecified atom stereocenters. The van der Waals surface area contributed by atoms with E-state index in [1.807, 2.05) is 42.5 Å². The third-order valence-electron chi connectivity index (χ3n) is 6.12. The van der Waals surface area contributed by atoms with E-state index in [-0.39, 0.29) is 5.70 Å². The minimum absolute atomic E-state index is 0.146. The number of likely N-dealkylation sites (tertiary alicyclic amines) is 1. The van der Waals surface area contributed by atoms with Crippen LogP contribution in [0.15, 0.2) is 82.4 Å². The van der Waals surface area contributed by atoms with Gasteiger partial charge >= 0.3 is 0 Å². The maximum atomic E-state index is 12.9. The fourth-order valence-corrected chi connectivity index (χ4v) is 4.86. The topological polar surface area (TPSA) is 99.8 Å². The van der Waals surface area contributed by atoms with Crippen molar-refractivity contribution in [3.63, 3.8) is 0 Å². The molecule has 7 nitrogen and oxygen atoms in total. The minimum Gasteiger partial charge on any atom is -0.381 e. The first kappa shape index (κ1) is 28.9. The second-order valence-electron chi connectivity index (χ2n) is 8.79. The zero-order chi connectivity index (χ0) is 27.3. The van der Waals surface area contributed by atoms with E-state index in [4.69, 9.17) is 5.73 Å². The molecule has 0 atom stereocenters. The zero-order valence-electron chi connectivity index (χ0n) is 21.5. The molecule has 9 heteroatoms. The third-order valence-corrected chi connectivity index (χ3v) is 7.09. The Labute approximate surface area is 227 Å². The molecule has 38 heavy (non-hydrogen) atoms. The van der Waals surface area contributed by atoms with Crippen molar-refractivity contribution >= 4 is 47.1 Å². The molecule has 3 aromatic carbocycles. The number of primary amides is 1. The number of carbonyl (C=O) groups is 2. The molecule has 1 aliphatic heterocycles. The summed E-state index contributed by atoms with van der Waals surface area (Å²) >= 11 is 1.41. The summed E-state index contributed by atoms with van der Waals surface area (Å²) in [6.45, 7) is 5.88. The second-order valence-corrected chi connectivity index (χ2v) is 9.77. The van der Waals surface area contributed by atoms with Crippen molar-refractivity contribution in [2.75, 3.05) is 31.3 Å². The van der Waals surface area contributed by atoms with Crippen LogP contribution in [0.5, 0.6) is 0 Å². The van der Waals surface area contributed by atoms with Crippen LogP contribution in [0.3, 0.4) is 0 Å². The monoisotopic (exact) mass is 535 g/mol. The van der Waals surface area contributed by atoms with E-state index < -0.39 is 12.1 Å². The number of amides is 1.